The lowest BCUT2D eigenvalue weighted by atomic mass is 9.87. The summed E-state index contributed by atoms with van der Waals surface area (Å²) in [6, 6.07) is 6.62. The number of benzene rings is 1. The molecule has 1 fully saturated rings. The van der Waals surface area contributed by atoms with Gasteiger partial charge in [0.15, 0.2) is 5.41 Å². The second-order valence-corrected chi connectivity index (χ2v) is 4.93. The number of hydrogen-bond donors (Lipinski definition) is 0. The fourth-order valence-electron chi connectivity index (χ4n) is 2.48. The molecule has 1 unspecified atom stereocenters. The molecule has 22 heavy (non-hydrogen) atoms. The van der Waals surface area contributed by atoms with Gasteiger partial charge in [-0.05, 0) is 24.3 Å². The van der Waals surface area contributed by atoms with Gasteiger partial charge in [-0.1, -0.05) is 0 Å². The Kier molecular flexibility index (Phi) is 4.46. The van der Waals surface area contributed by atoms with Crippen molar-refractivity contribution < 1.29 is 28.6 Å². The van der Waals surface area contributed by atoms with Gasteiger partial charge in [0.05, 0.1) is 27.4 Å². The molecule has 0 radical (unpaired) electrons. The average molecular weight is 307 g/mol. The predicted octanol–water partition coefficient (Wildman–Crippen LogP) is 0.417. The first kappa shape index (κ1) is 16.0. The number of ether oxygens (including phenoxy) is 3. The lowest BCUT2D eigenvalue weighted by Gasteiger charge is -2.23. The summed E-state index contributed by atoms with van der Waals surface area (Å²) in [4.78, 5) is 37.9. The van der Waals surface area contributed by atoms with Gasteiger partial charge in [-0.25, -0.2) is 0 Å². The van der Waals surface area contributed by atoms with Crippen LogP contribution in [-0.4, -0.2) is 52.1 Å². The zero-order valence-corrected chi connectivity index (χ0v) is 12.6. The van der Waals surface area contributed by atoms with E-state index in [-0.39, 0.29) is 13.2 Å². The van der Waals surface area contributed by atoms with E-state index < -0.39 is 23.1 Å². The molecular formula is C15H17NO6. The van der Waals surface area contributed by atoms with Crippen molar-refractivity contribution in [2.45, 2.75) is 0 Å². The molecule has 1 aromatic carbocycles. The highest BCUT2D eigenvalue weighted by Gasteiger charge is 2.58. The van der Waals surface area contributed by atoms with Gasteiger partial charge in [-0.3, -0.25) is 14.4 Å². The highest BCUT2D eigenvalue weighted by Crippen LogP contribution is 2.34. The summed E-state index contributed by atoms with van der Waals surface area (Å²) in [5.74, 6) is -1.73. The monoisotopic (exact) mass is 307 g/mol. The van der Waals surface area contributed by atoms with Crippen LogP contribution in [0.3, 0.4) is 0 Å². The first-order valence-corrected chi connectivity index (χ1v) is 6.58. The maximum absolute atomic E-state index is 12.3. The molecule has 7 nitrogen and oxygen atoms in total. The largest absolute Gasteiger partial charge is 0.497 e. The molecular weight excluding hydrogens is 290 g/mol. The van der Waals surface area contributed by atoms with Gasteiger partial charge in [-0.2, -0.15) is 0 Å². The number of hydrogen-bond acceptors (Lipinski definition) is 6. The van der Waals surface area contributed by atoms with E-state index in [1.165, 1.54) is 26.2 Å². The Morgan fingerprint density at radius 1 is 1.18 bits per heavy atom. The van der Waals surface area contributed by atoms with Gasteiger partial charge in [0.1, 0.15) is 5.75 Å². The van der Waals surface area contributed by atoms with E-state index in [2.05, 4.69) is 0 Å². The van der Waals surface area contributed by atoms with Crippen molar-refractivity contribution in [3.05, 3.63) is 24.3 Å². The summed E-state index contributed by atoms with van der Waals surface area (Å²) in [5, 5.41) is 0. The fourth-order valence-corrected chi connectivity index (χ4v) is 2.48. The average Bonchev–Trinajstić information content (AvgIpc) is 2.80. The summed E-state index contributed by atoms with van der Waals surface area (Å²) in [7, 11) is 4.06. The molecule has 0 aliphatic carbocycles. The summed E-state index contributed by atoms with van der Waals surface area (Å²) in [6.45, 7) is -0.325. The highest BCUT2D eigenvalue weighted by molar-refractivity contribution is 6.49. The number of esters is 1. The molecule has 2 rings (SSSR count). The number of amides is 1. The van der Waals surface area contributed by atoms with Gasteiger partial charge in [-0.15, -0.1) is 0 Å². The Labute approximate surface area is 127 Å². The van der Waals surface area contributed by atoms with Crippen molar-refractivity contribution in [1.29, 1.82) is 0 Å². The van der Waals surface area contributed by atoms with Crippen LogP contribution in [0.2, 0.25) is 0 Å². The number of carbonyl (C=O) groups excluding carboxylic acids is 3. The molecule has 7 heteroatoms. The molecule has 1 aromatic rings. The molecule has 1 aliphatic rings. The minimum atomic E-state index is -1.62. The molecule has 1 atom stereocenters. The number of ketones is 1. The van der Waals surface area contributed by atoms with Gasteiger partial charge < -0.3 is 19.1 Å². The first-order valence-electron chi connectivity index (χ1n) is 6.58. The molecule has 1 aliphatic heterocycles. The Balaban J connectivity index is 2.37. The molecule has 1 saturated heterocycles. The molecule has 118 valence electrons. The van der Waals surface area contributed by atoms with Gasteiger partial charge in [0.25, 0.3) is 5.91 Å². The van der Waals surface area contributed by atoms with Crippen LogP contribution in [0.1, 0.15) is 0 Å². The number of anilines is 1. The Morgan fingerprint density at radius 2 is 1.82 bits per heavy atom. The van der Waals surface area contributed by atoms with Gasteiger partial charge >= 0.3 is 5.97 Å². The summed E-state index contributed by atoms with van der Waals surface area (Å²) in [6.07, 6.45) is 0. The number of Topliss-reactive ketones (excluding diaryl/α,β-unsaturated/α-hetero) is 1. The van der Waals surface area contributed by atoms with Crippen molar-refractivity contribution in [3.63, 3.8) is 0 Å². The zero-order valence-electron chi connectivity index (χ0n) is 12.6. The fraction of sp³-hybridized carbons (Fsp3) is 0.400. The van der Waals surface area contributed by atoms with Crippen LogP contribution in [0.4, 0.5) is 5.69 Å². The molecule has 0 saturated carbocycles. The van der Waals surface area contributed by atoms with Crippen LogP contribution >= 0.6 is 0 Å². The van der Waals surface area contributed by atoms with Gasteiger partial charge in [0, 0.05) is 12.8 Å². The van der Waals surface area contributed by atoms with Crippen molar-refractivity contribution in [1.82, 2.24) is 0 Å². The normalized spacial score (nSPS) is 21.1. The predicted molar refractivity (Wildman–Crippen MR) is 76.7 cm³/mol. The Morgan fingerprint density at radius 3 is 2.32 bits per heavy atom. The standard InChI is InChI=1S/C15H17NO6/c1-20-9-15(14(19)22-3)8-16(13(18)12(15)17)10-4-6-11(21-2)7-5-10/h4-7H,8-9H2,1-3H3. The van der Waals surface area contributed by atoms with Crippen LogP contribution < -0.4 is 9.64 Å². The zero-order chi connectivity index (χ0) is 16.3. The van der Waals surface area contributed by atoms with Crippen LogP contribution in [0.25, 0.3) is 0 Å². The lowest BCUT2D eigenvalue weighted by Crippen LogP contribution is -2.44. The highest BCUT2D eigenvalue weighted by atomic mass is 16.5. The van der Waals surface area contributed by atoms with Gasteiger partial charge in [0.2, 0.25) is 5.78 Å². The summed E-state index contributed by atoms with van der Waals surface area (Å²) >= 11 is 0. The SMILES string of the molecule is COCC1(C(=O)OC)CN(c2ccc(OC)cc2)C(=O)C1=O. The maximum Gasteiger partial charge on any atom is 0.324 e. The lowest BCUT2D eigenvalue weighted by molar-refractivity contribution is -0.160. The Bertz CT molecular complexity index is 597. The third-order valence-electron chi connectivity index (χ3n) is 3.65. The van der Waals surface area contributed by atoms with Crippen LogP contribution in [0.5, 0.6) is 5.75 Å². The van der Waals surface area contributed by atoms with E-state index in [1.54, 1.807) is 24.3 Å². The third-order valence-corrected chi connectivity index (χ3v) is 3.65. The minimum Gasteiger partial charge on any atom is -0.497 e. The Hall–Kier alpha value is -2.41. The van der Waals surface area contributed by atoms with E-state index in [1.807, 2.05) is 0 Å². The van der Waals surface area contributed by atoms with E-state index in [0.717, 1.165) is 0 Å². The minimum absolute atomic E-state index is 0.114. The quantitative estimate of drug-likeness (QED) is 0.445. The summed E-state index contributed by atoms with van der Waals surface area (Å²) < 4.78 is 14.7. The van der Waals surface area contributed by atoms with Crippen molar-refractivity contribution in [2.24, 2.45) is 5.41 Å². The van der Waals surface area contributed by atoms with E-state index in [4.69, 9.17) is 14.2 Å². The molecule has 0 bridgehead atoms. The van der Waals surface area contributed by atoms with E-state index >= 15 is 0 Å². The molecule has 1 amide bonds. The smallest absolute Gasteiger partial charge is 0.324 e. The second kappa shape index (κ2) is 6.15. The maximum atomic E-state index is 12.3. The van der Waals surface area contributed by atoms with Crippen molar-refractivity contribution in [3.8, 4) is 5.75 Å². The first-order chi connectivity index (χ1) is 10.5. The molecule has 0 aromatic heterocycles. The van der Waals surface area contributed by atoms with Crippen LogP contribution in [-0.2, 0) is 23.9 Å². The number of methoxy groups -OCH3 is 3. The van der Waals surface area contributed by atoms with E-state index in [0.29, 0.717) is 11.4 Å². The van der Waals surface area contributed by atoms with Crippen molar-refractivity contribution >= 4 is 23.3 Å². The number of carbonyl (C=O) groups is 3. The van der Waals surface area contributed by atoms with E-state index in [9.17, 15) is 14.4 Å². The van der Waals surface area contributed by atoms with Crippen molar-refractivity contribution in [2.75, 3.05) is 39.4 Å². The topological polar surface area (TPSA) is 82.1 Å². The molecule has 0 spiro atoms. The van der Waals surface area contributed by atoms with Crippen LogP contribution in [0.15, 0.2) is 24.3 Å². The molecule has 0 N–H and O–H groups in total. The second-order valence-electron chi connectivity index (χ2n) is 4.93. The summed E-state index contributed by atoms with van der Waals surface area (Å²) in [5.41, 5.74) is -1.12. The third kappa shape index (κ3) is 2.43. The molecule has 1 heterocycles. The van der Waals surface area contributed by atoms with Crippen LogP contribution in [0, 0.1) is 5.41 Å². The number of nitrogens with zero attached hydrogens (tertiary/aromatic N) is 1. The number of rotatable bonds is 5.